The lowest BCUT2D eigenvalue weighted by molar-refractivity contribution is -0.134. The number of likely N-dealkylation sites (N-methyl/N-ethyl adjacent to an activating group) is 1. The van der Waals surface area contributed by atoms with Gasteiger partial charge in [0.1, 0.15) is 6.04 Å². The number of sulfonamides is 1. The van der Waals surface area contributed by atoms with Crippen LogP contribution in [-0.4, -0.2) is 71.8 Å². The molecule has 2 atom stereocenters. The molecule has 2 fully saturated rings. The first kappa shape index (κ1) is 18.3. The molecule has 1 N–H and O–H groups in total. The lowest BCUT2D eigenvalue weighted by Gasteiger charge is -2.30. The number of hydrogen-bond acceptors (Lipinski definition) is 6. The van der Waals surface area contributed by atoms with E-state index < -0.39 is 32.9 Å². The summed E-state index contributed by atoms with van der Waals surface area (Å²) in [4.78, 5) is 25.4. The maximum atomic E-state index is 12.8. The topological polar surface area (TPSA) is 108 Å². The molecule has 2 aliphatic heterocycles. The summed E-state index contributed by atoms with van der Waals surface area (Å²) in [6.07, 6.45) is 1.94. The summed E-state index contributed by atoms with van der Waals surface area (Å²) in [7, 11) is -2.33. The number of carbonyl (C=O) groups is 2. The molecule has 2 aliphatic rings. The zero-order valence-corrected chi connectivity index (χ0v) is 15.4. The van der Waals surface area contributed by atoms with Crippen LogP contribution in [0, 0.1) is 0 Å². The van der Waals surface area contributed by atoms with Crippen molar-refractivity contribution in [2.75, 3.05) is 25.1 Å². The van der Waals surface area contributed by atoms with E-state index in [4.69, 9.17) is 9.52 Å². The number of nitrogens with zero attached hydrogens (tertiary/aromatic N) is 2. The van der Waals surface area contributed by atoms with Gasteiger partial charge >= 0.3 is 5.97 Å². The van der Waals surface area contributed by atoms with Crippen LogP contribution in [0.5, 0.6) is 0 Å². The highest BCUT2D eigenvalue weighted by Crippen LogP contribution is 2.30. The molecule has 2 saturated heterocycles. The average molecular weight is 388 g/mol. The molecule has 8 nitrogen and oxygen atoms in total. The third-order valence-electron chi connectivity index (χ3n) is 4.64. The van der Waals surface area contributed by atoms with Crippen LogP contribution in [0.4, 0.5) is 0 Å². The summed E-state index contributed by atoms with van der Waals surface area (Å²) in [6, 6.07) is 1.59. The number of hydrogen-bond donors (Lipinski definition) is 1. The van der Waals surface area contributed by atoms with E-state index in [2.05, 4.69) is 0 Å². The summed E-state index contributed by atoms with van der Waals surface area (Å²) >= 11 is 1.78. The summed E-state index contributed by atoms with van der Waals surface area (Å²) in [5, 5.41) is 8.46. The van der Waals surface area contributed by atoms with Crippen LogP contribution in [0.25, 0.3) is 0 Å². The van der Waals surface area contributed by atoms with E-state index in [0.29, 0.717) is 12.8 Å². The molecule has 25 heavy (non-hydrogen) atoms. The Morgan fingerprint density at radius 1 is 1.36 bits per heavy atom. The summed E-state index contributed by atoms with van der Waals surface area (Å²) in [6.45, 7) is 0.217. The predicted octanol–water partition coefficient (Wildman–Crippen LogP) is 1.09. The fourth-order valence-electron chi connectivity index (χ4n) is 3.21. The van der Waals surface area contributed by atoms with Crippen LogP contribution in [0.15, 0.2) is 21.6 Å². The first-order valence-corrected chi connectivity index (χ1v) is 10.6. The van der Waals surface area contributed by atoms with E-state index in [1.807, 2.05) is 0 Å². The molecular formula is C15H20N2O6S2. The highest BCUT2D eigenvalue weighted by atomic mass is 32.2. The first-order valence-electron chi connectivity index (χ1n) is 8.02. The van der Waals surface area contributed by atoms with Crippen LogP contribution in [0.1, 0.15) is 29.8 Å². The van der Waals surface area contributed by atoms with Crippen LogP contribution in [-0.2, 0) is 14.8 Å². The van der Waals surface area contributed by atoms with Crippen molar-refractivity contribution in [3.8, 4) is 0 Å². The summed E-state index contributed by atoms with van der Waals surface area (Å²) < 4.78 is 31.7. The van der Waals surface area contributed by atoms with Gasteiger partial charge in [0.15, 0.2) is 0 Å². The van der Waals surface area contributed by atoms with Crippen molar-refractivity contribution in [3.05, 3.63) is 17.9 Å². The first-order chi connectivity index (χ1) is 11.8. The smallest absolute Gasteiger partial charge is 0.371 e. The second-order valence-electron chi connectivity index (χ2n) is 6.16. The third kappa shape index (κ3) is 3.42. The highest BCUT2D eigenvalue weighted by Gasteiger charge is 2.43. The van der Waals surface area contributed by atoms with E-state index >= 15 is 0 Å². The minimum absolute atomic E-state index is 0.130. The molecule has 3 heterocycles. The Kier molecular flexibility index (Phi) is 5.12. The van der Waals surface area contributed by atoms with Gasteiger partial charge in [-0.25, -0.2) is 13.2 Å². The maximum Gasteiger partial charge on any atom is 0.371 e. The van der Waals surface area contributed by atoms with E-state index in [9.17, 15) is 18.0 Å². The Balaban J connectivity index is 1.82. The Hall–Kier alpha value is -1.52. The molecular weight excluding hydrogens is 368 g/mol. The van der Waals surface area contributed by atoms with Gasteiger partial charge in [0.25, 0.3) is 10.0 Å². The Morgan fingerprint density at radius 2 is 2.12 bits per heavy atom. The van der Waals surface area contributed by atoms with Gasteiger partial charge < -0.3 is 14.4 Å². The van der Waals surface area contributed by atoms with Gasteiger partial charge in [-0.05, 0) is 37.1 Å². The van der Waals surface area contributed by atoms with Crippen molar-refractivity contribution in [2.24, 2.45) is 0 Å². The van der Waals surface area contributed by atoms with Gasteiger partial charge in [-0.15, -0.1) is 0 Å². The lowest BCUT2D eigenvalue weighted by atomic mass is 10.1. The molecule has 0 spiro atoms. The number of amides is 1. The van der Waals surface area contributed by atoms with Gasteiger partial charge in [-0.1, -0.05) is 0 Å². The van der Waals surface area contributed by atoms with Crippen molar-refractivity contribution in [1.29, 1.82) is 0 Å². The zero-order valence-electron chi connectivity index (χ0n) is 13.8. The molecule has 1 aromatic rings. The molecule has 0 aromatic carbocycles. The fraction of sp³-hybridized carbons (Fsp3) is 0.600. The predicted molar refractivity (Wildman–Crippen MR) is 91.1 cm³/mol. The molecule has 2 unspecified atom stereocenters. The standard InChI is InChI=1S/C15H20N2O6S2/c1-16(10-6-8-24-9-10)14(18)11-3-2-7-17(11)25(21,22)13-5-4-12(23-13)15(19)20/h4-5,10-11H,2-3,6-9H2,1H3,(H,19,20). The number of furan rings is 1. The van der Waals surface area contributed by atoms with Crippen LogP contribution < -0.4 is 0 Å². The number of carbonyl (C=O) groups excluding carboxylic acids is 1. The highest BCUT2D eigenvalue weighted by molar-refractivity contribution is 7.99. The summed E-state index contributed by atoms with van der Waals surface area (Å²) in [5.41, 5.74) is 0. The quantitative estimate of drug-likeness (QED) is 0.804. The number of carboxylic acids is 1. The van der Waals surface area contributed by atoms with Crippen LogP contribution in [0.2, 0.25) is 0 Å². The average Bonchev–Trinajstić information content (AvgIpc) is 3.34. The van der Waals surface area contributed by atoms with E-state index in [1.165, 1.54) is 0 Å². The number of thioether (sulfide) groups is 1. The van der Waals surface area contributed by atoms with Crippen molar-refractivity contribution in [1.82, 2.24) is 9.21 Å². The number of carboxylic acid groups (broad SMARTS) is 1. The fourth-order valence-corrected chi connectivity index (χ4v) is 6.04. The van der Waals surface area contributed by atoms with E-state index in [0.717, 1.165) is 34.4 Å². The van der Waals surface area contributed by atoms with Crippen LogP contribution in [0.3, 0.4) is 0 Å². The molecule has 0 bridgehead atoms. The molecule has 10 heteroatoms. The monoisotopic (exact) mass is 388 g/mol. The molecule has 0 aliphatic carbocycles. The number of rotatable bonds is 5. The van der Waals surface area contributed by atoms with Crippen LogP contribution >= 0.6 is 11.8 Å². The Labute approximate surface area is 150 Å². The van der Waals surface area contributed by atoms with Gasteiger partial charge in [0, 0.05) is 25.4 Å². The minimum Gasteiger partial charge on any atom is -0.475 e. The summed E-state index contributed by atoms with van der Waals surface area (Å²) in [5.74, 6) is -0.130. The number of aromatic carboxylic acids is 1. The maximum absolute atomic E-state index is 12.8. The molecule has 3 rings (SSSR count). The molecule has 0 radical (unpaired) electrons. The van der Waals surface area contributed by atoms with Gasteiger partial charge in [0.05, 0.1) is 0 Å². The molecule has 1 amide bonds. The second-order valence-corrected chi connectivity index (χ2v) is 9.14. The van der Waals surface area contributed by atoms with Gasteiger partial charge in [0.2, 0.25) is 16.8 Å². The van der Waals surface area contributed by atoms with Crippen molar-refractivity contribution >= 4 is 33.7 Å². The molecule has 138 valence electrons. The molecule has 1 aromatic heterocycles. The lowest BCUT2D eigenvalue weighted by Crippen LogP contribution is -2.49. The second kappa shape index (κ2) is 7.00. The largest absolute Gasteiger partial charge is 0.475 e. The zero-order chi connectivity index (χ0) is 18.2. The van der Waals surface area contributed by atoms with E-state index in [1.54, 1.807) is 23.7 Å². The van der Waals surface area contributed by atoms with E-state index in [-0.39, 0.29) is 18.5 Å². The Morgan fingerprint density at radius 3 is 2.72 bits per heavy atom. The van der Waals surface area contributed by atoms with Crippen molar-refractivity contribution < 1.29 is 27.5 Å². The van der Waals surface area contributed by atoms with Gasteiger partial charge in [-0.3, -0.25) is 4.79 Å². The normalized spacial score (nSPS) is 24.5. The Bertz CT molecular complexity index is 769. The third-order valence-corrected chi connectivity index (χ3v) is 7.57. The SMILES string of the molecule is CN(C(=O)C1CCCN1S(=O)(=O)c1ccc(C(=O)O)o1)C1CCSC1. The van der Waals surface area contributed by atoms with Crippen molar-refractivity contribution in [2.45, 2.75) is 36.4 Å². The van der Waals surface area contributed by atoms with Crippen molar-refractivity contribution in [3.63, 3.8) is 0 Å². The minimum atomic E-state index is -4.05. The van der Waals surface area contributed by atoms with Gasteiger partial charge in [-0.2, -0.15) is 16.1 Å². The molecule has 0 saturated carbocycles.